The Morgan fingerprint density at radius 2 is 2.33 bits per heavy atom. The average Bonchev–Trinajstić information content (AvgIpc) is 2.45. The molecule has 0 aromatic carbocycles. The maximum absolute atomic E-state index is 9.70. The lowest BCUT2D eigenvalue weighted by atomic mass is 9.87. The Morgan fingerprint density at radius 1 is 1.58 bits per heavy atom. The fraction of sp³-hybridized carbons (Fsp3) is 0.500. The molecule has 12 heavy (non-hydrogen) atoms. The largest absolute Gasteiger partial charge is 0.384 e. The van der Waals surface area contributed by atoms with Gasteiger partial charge in [-0.25, -0.2) is 0 Å². The van der Waals surface area contributed by atoms with E-state index in [0.717, 1.165) is 17.7 Å². The molecule has 0 aliphatic heterocycles. The number of fused-ring (bicyclic) bond motifs is 1. The number of hydrogen-bond donors (Lipinski definition) is 4. The molecule has 1 aromatic heterocycles. The third-order valence-corrected chi connectivity index (χ3v) is 2.48. The third-order valence-electron chi connectivity index (χ3n) is 2.48. The van der Waals surface area contributed by atoms with Crippen LogP contribution < -0.4 is 11.5 Å². The maximum atomic E-state index is 9.70. The van der Waals surface area contributed by atoms with E-state index in [2.05, 4.69) is 4.98 Å². The monoisotopic (exact) mass is 167 g/mol. The van der Waals surface area contributed by atoms with Gasteiger partial charge in [0.1, 0.15) is 6.10 Å². The van der Waals surface area contributed by atoms with E-state index in [-0.39, 0.29) is 0 Å². The Bertz CT molecular complexity index is 292. The minimum absolute atomic E-state index is 0.624. The summed E-state index contributed by atoms with van der Waals surface area (Å²) in [6.07, 6.45) is 2.49. The van der Waals surface area contributed by atoms with Crippen LogP contribution in [-0.4, -0.2) is 15.8 Å². The van der Waals surface area contributed by atoms with Crippen molar-refractivity contribution in [3.05, 3.63) is 23.5 Å². The molecule has 4 nitrogen and oxygen atoms in total. The van der Waals surface area contributed by atoms with E-state index in [1.54, 1.807) is 6.20 Å². The minimum Gasteiger partial charge on any atom is -0.384 e. The number of nitrogens with one attached hydrogen (secondary N) is 1. The summed E-state index contributed by atoms with van der Waals surface area (Å²) in [5.41, 5.74) is 12.3. The number of hydrogen-bond acceptors (Lipinski definition) is 3. The van der Waals surface area contributed by atoms with E-state index >= 15 is 0 Å². The lowest BCUT2D eigenvalue weighted by molar-refractivity contribution is 0.0692. The zero-order valence-corrected chi connectivity index (χ0v) is 6.75. The van der Waals surface area contributed by atoms with Crippen LogP contribution in [0.15, 0.2) is 12.3 Å². The van der Waals surface area contributed by atoms with Gasteiger partial charge < -0.3 is 21.6 Å². The molecule has 0 amide bonds. The van der Waals surface area contributed by atoms with Gasteiger partial charge in [-0.2, -0.15) is 0 Å². The maximum Gasteiger partial charge on any atom is 0.125 e. The van der Waals surface area contributed by atoms with Crippen molar-refractivity contribution in [2.45, 2.75) is 24.6 Å². The molecule has 2 rings (SSSR count). The van der Waals surface area contributed by atoms with Crippen LogP contribution in [0.1, 0.15) is 23.8 Å². The Hall–Kier alpha value is -0.840. The molecule has 0 radical (unpaired) electrons. The van der Waals surface area contributed by atoms with Crippen molar-refractivity contribution < 1.29 is 5.11 Å². The predicted octanol–water partition coefficient (Wildman–Crippen LogP) is -0.392. The standard InChI is InChI=1S/C8H13N3O/c9-8(10)3-1-5-2-4-11-6(5)7(8)12/h2,4,7,11-12H,1,3,9-10H2. The molecule has 66 valence electrons. The van der Waals surface area contributed by atoms with Crippen LogP contribution in [-0.2, 0) is 6.42 Å². The summed E-state index contributed by atoms with van der Waals surface area (Å²) in [6, 6.07) is 1.95. The molecule has 1 aliphatic rings. The van der Waals surface area contributed by atoms with Crippen molar-refractivity contribution in [2.24, 2.45) is 11.5 Å². The van der Waals surface area contributed by atoms with Crippen molar-refractivity contribution in [3.8, 4) is 0 Å². The van der Waals surface area contributed by atoms with Crippen LogP contribution >= 0.6 is 0 Å². The lowest BCUT2D eigenvalue weighted by Crippen LogP contribution is -2.56. The van der Waals surface area contributed by atoms with Crippen LogP contribution in [0.3, 0.4) is 0 Å². The van der Waals surface area contributed by atoms with Crippen molar-refractivity contribution in [3.63, 3.8) is 0 Å². The third kappa shape index (κ3) is 0.964. The molecule has 4 heteroatoms. The number of nitrogens with two attached hydrogens (primary N) is 2. The Balaban J connectivity index is 2.42. The van der Waals surface area contributed by atoms with Gasteiger partial charge >= 0.3 is 0 Å². The summed E-state index contributed by atoms with van der Waals surface area (Å²) >= 11 is 0. The highest BCUT2D eigenvalue weighted by Crippen LogP contribution is 2.31. The number of aliphatic hydroxyl groups excluding tert-OH is 1. The van der Waals surface area contributed by atoms with Crippen molar-refractivity contribution in [1.29, 1.82) is 0 Å². The molecule has 1 unspecified atom stereocenters. The van der Waals surface area contributed by atoms with E-state index < -0.39 is 11.8 Å². The molecule has 0 fully saturated rings. The number of aliphatic hydroxyl groups is 1. The molecule has 1 heterocycles. The van der Waals surface area contributed by atoms with Gasteiger partial charge in [0.15, 0.2) is 0 Å². The summed E-state index contributed by atoms with van der Waals surface area (Å²) < 4.78 is 0. The van der Waals surface area contributed by atoms with Crippen LogP contribution in [0.5, 0.6) is 0 Å². The van der Waals surface area contributed by atoms with Gasteiger partial charge in [-0.05, 0) is 24.5 Å². The van der Waals surface area contributed by atoms with E-state index in [1.807, 2.05) is 6.07 Å². The molecule has 6 N–H and O–H groups in total. The average molecular weight is 167 g/mol. The number of rotatable bonds is 0. The van der Waals surface area contributed by atoms with Gasteiger partial charge in [0.25, 0.3) is 0 Å². The molecule has 0 saturated carbocycles. The molecule has 0 bridgehead atoms. The quantitative estimate of drug-likeness (QED) is 0.397. The van der Waals surface area contributed by atoms with Crippen LogP contribution in [0.2, 0.25) is 0 Å². The summed E-state index contributed by atoms with van der Waals surface area (Å²) in [7, 11) is 0. The normalized spacial score (nSPS) is 26.8. The Labute approximate surface area is 70.6 Å². The zero-order chi connectivity index (χ0) is 8.77. The Kier molecular flexibility index (Phi) is 1.51. The highest BCUT2D eigenvalue weighted by molar-refractivity contribution is 5.28. The van der Waals surface area contributed by atoms with Crippen LogP contribution in [0.25, 0.3) is 0 Å². The van der Waals surface area contributed by atoms with E-state index in [0.29, 0.717) is 6.42 Å². The summed E-state index contributed by atoms with van der Waals surface area (Å²) in [5, 5.41) is 9.70. The first-order chi connectivity index (χ1) is 5.61. The summed E-state index contributed by atoms with van der Waals surface area (Å²) in [5.74, 6) is 0. The molecule has 1 aliphatic carbocycles. The number of aryl methyl sites for hydroxylation is 1. The Morgan fingerprint density at radius 3 is 3.08 bits per heavy atom. The summed E-state index contributed by atoms with van der Waals surface area (Å²) in [4.78, 5) is 2.95. The SMILES string of the molecule is NC1(N)CCc2cc[nH]c2C1O. The number of H-pyrrole nitrogens is 1. The molecule has 0 spiro atoms. The van der Waals surface area contributed by atoms with Crippen LogP contribution in [0.4, 0.5) is 0 Å². The first-order valence-electron chi connectivity index (χ1n) is 4.03. The minimum atomic E-state index is -0.974. The van der Waals surface area contributed by atoms with Gasteiger partial charge in [0, 0.05) is 6.20 Å². The first kappa shape index (κ1) is 7.79. The van der Waals surface area contributed by atoms with E-state index in [4.69, 9.17) is 11.5 Å². The highest BCUT2D eigenvalue weighted by Gasteiger charge is 2.36. The second kappa shape index (κ2) is 2.32. The van der Waals surface area contributed by atoms with Gasteiger partial charge in [-0.3, -0.25) is 0 Å². The smallest absolute Gasteiger partial charge is 0.125 e. The highest BCUT2D eigenvalue weighted by atomic mass is 16.3. The second-order valence-electron chi connectivity index (χ2n) is 3.43. The molecule has 0 saturated heterocycles. The fourth-order valence-corrected chi connectivity index (χ4v) is 1.64. The van der Waals surface area contributed by atoms with Gasteiger partial charge in [-0.1, -0.05) is 0 Å². The number of aromatic amines is 1. The fourth-order valence-electron chi connectivity index (χ4n) is 1.64. The second-order valence-corrected chi connectivity index (χ2v) is 3.43. The lowest BCUT2D eigenvalue weighted by Gasteiger charge is -2.34. The van der Waals surface area contributed by atoms with Crippen molar-refractivity contribution in [1.82, 2.24) is 4.98 Å². The van der Waals surface area contributed by atoms with E-state index in [9.17, 15) is 5.11 Å². The molecule has 1 atom stereocenters. The van der Waals surface area contributed by atoms with Gasteiger partial charge in [-0.15, -0.1) is 0 Å². The predicted molar refractivity (Wildman–Crippen MR) is 45.2 cm³/mol. The zero-order valence-electron chi connectivity index (χ0n) is 6.75. The van der Waals surface area contributed by atoms with Gasteiger partial charge in [0.2, 0.25) is 0 Å². The first-order valence-corrected chi connectivity index (χ1v) is 4.03. The molecule has 1 aromatic rings. The van der Waals surface area contributed by atoms with Crippen molar-refractivity contribution >= 4 is 0 Å². The number of aromatic nitrogens is 1. The van der Waals surface area contributed by atoms with Gasteiger partial charge in [0.05, 0.1) is 11.4 Å². The van der Waals surface area contributed by atoms with Crippen molar-refractivity contribution in [2.75, 3.05) is 0 Å². The molecular formula is C8H13N3O. The van der Waals surface area contributed by atoms with Crippen LogP contribution in [0, 0.1) is 0 Å². The van der Waals surface area contributed by atoms with E-state index in [1.165, 1.54) is 0 Å². The topological polar surface area (TPSA) is 88.1 Å². The summed E-state index contributed by atoms with van der Waals surface area (Å²) in [6.45, 7) is 0. The molecular weight excluding hydrogens is 154 g/mol.